The average molecular weight is 260 g/mol. The lowest BCUT2D eigenvalue weighted by Crippen LogP contribution is -2.08. The summed E-state index contributed by atoms with van der Waals surface area (Å²) in [5, 5.41) is 13.0. The Balaban J connectivity index is 2.18. The van der Waals surface area contributed by atoms with Crippen molar-refractivity contribution in [2.75, 3.05) is 0 Å². The van der Waals surface area contributed by atoms with E-state index in [9.17, 15) is 4.79 Å². The minimum absolute atomic E-state index is 0.173. The van der Waals surface area contributed by atoms with E-state index in [-0.39, 0.29) is 12.2 Å². The van der Waals surface area contributed by atoms with E-state index in [1.807, 2.05) is 26.0 Å². The quantitative estimate of drug-likeness (QED) is 0.916. The molecule has 0 aliphatic carbocycles. The molecule has 1 N–H and O–H groups in total. The highest BCUT2D eigenvalue weighted by atomic mass is 16.5. The Hall–Kier alpha value is -2.30. The fourth-order valence-corrected chi connectivity index (χ4v) is 1.98. The summed E-state index contributed by atoms with van der Waals surface area (Å²) in [6, 6.07) is 5.90. The number of carboxylic acids is 1. The zero-order valence-corrected chi connectivity index (χ0v) is 11.2. The van der Waals surface area contributed by atoms with Gasteiger partial charge in [0.25, 0.3) is 0 Å². The second kappa shape index (κ2) is 5.14. The zero-order valence-electron chi connectivity index (χ0n) is 11.2. The van der Waals surface area contributed by atoms with Crippen LogP contribution in [0.2, 0.25) is 0 Å². The van der Waals surface area contributed by atoms with Gasteiger partial charge in [-0.15, -0.1) is 0 Å². The molecule has 0 amide bonds. The zero-order chi connectivity index (χ0) is 14.0. The molecule has 0 spiro atoms. The molecule has 1 heterocycles. The number of aromatic carboxylic acids is 1. The van der Waals surface area contributed by atoms with E-state index in [1.54, 1.807) is 7.05 Å². The second-order valence-corrected chi connectivity index (χ2v) is 4.55. The predicted molar refractivity (Wildman–Crippen MR) is 70.4 cm³/mol. The van der Waals surface area contributed by atoms with Gasteiger partial charge < -0.3 is 9.84 Å². The molecule has 1 aromatic carbocycles. The molecule has 19 heavy (non-hydrogen) atoms. The van der Waals surface area contributed by atoms with Crippen molar-refractivity contribution in [1.82, 2.24) is 9.78 Å². The van der Waals surface area contributed by atoms with E-state index >= 15 is 0 Å². The van der Waals surface area contributed by atoms with Crippen molar-refractivity contribution in [3.63, 3.8) is 0 Å². The van der Waals surface area contributed by atoms with Crippen molar-refractivity contribution in [2.24, 2.45) is 7.05 Å². The standard InChI is InChI=1S/C14H16N2O3/c1-9-4-10(2)6-11(5-9)19-8-13-12(14(17)18)7-15-16(13)3/h4-7H,8H2,1-3H3,(H,17,18). The monoisotopic (exact) mass is 260 g/mol. The summed E-state index contributed by atoms with van der Waals surface area (Å²) in [5.74, 6) is -0.262. The number of aryl methyl sites for hydroxylation is 3. The van der Waals surface area contributed by atoms with Gasteiger partial charge in [-0.3, -0.25) is 4.68 Å². The maximum atomic E-state index is 11.0. The van der Waals surface area contributed by atoms with Crippen LogP contribution in [0.3, 0.4) is 0 Å². The lowest BCUT2D eigenvalue weighted by molar-refractivity contribution is 0.0693. The summed E-state index contributed by atoms with van der Waals surface area (Å²) < 4.78 is 7.18. The Kier molecular flexibility index (Phi) is 3.55. The van der Waals surface area contributed by atoms with E-state index < -0.39 is 5.97 Å². The number of hydrogen-bond acceptors (Lipinski definition) is 3. The molecule has 0 atom stereocenters. The Morgan fingerprint density at radius 1 is 1.32 bits per heavy atom. The summed E-state index contributed by atoms with van der Waals surface area (Å²) >= 11 is 0. The number of hydrogen-bond donors (Lipinski definition) is 1. The minimum atomic E-state index is -0.993. The Morgan fingerprint density at radius 3 is 2.53 bits per heavy atom. The van der Waals surface area contributed by atoms with Gasteiger partial charge in [0.2, 0.25) is 0 Å². The molecule has 0 aliphatic heterocycles. The number of carbonyl (C=O) groups is 1. The molecular weight excluding hydrogens is 244 g/mol. The van der Waals surface area contributed by atoms with Gasteiger partial charge in [0.05, 0.1) is 11.9 Å². The van der Waals surface area contributed by atoms with Gasteiger partial charge in [-0.05, 0) is 37.1 Å². The number of carboxylic acid groups (broad SMARTS) is 1. The SMILES string of the molecule is Cc1cc(C)cc(OCc2c(C(=O)O)cnn2C)c1. The van der Waals surface area contributed by atoms with Crippen molar-refractivity contribution in [3.05, 3.63) is 46.8 Å². The number of ether oxygens (including phenoxy) is 1. The van der Waals surface area contributed by atoms with Crippen LogP contribution in [0.15, 0.2) is 24.4 Å². The van der Waals surface area contributed by atoms with Crippen LogP contribution in [0.4, 0.5) is 0 Å². The second-order valence-electron chi connectivity index (χ2n) is 4.55. The number of benzene rings is 1. The Bertz CT molecular complexity index is 597. The van der Waals surface area contributed by atoms with E-state index in [0.717, 1.165) is 16.9 Å². The first-order valence-electron chi connectivity index (χ1n) is 5.92. The summed E-state index contributed by atoms with van der Waals surface area (Å²) in [5.41, 5.74) is 2.94. The van der Waals surface area contributed by atoms with E-state index in [4.69, 9.17) is 9.84 Å². The van der Waals surface area contributed by atoms with Gasteiger partial charge in [0, 0.05) is 7.05 Å². The van der Waals surface area contributed by atoms with Crippen molar-refractivity contribution < 1.29 is 14.6 Å². The summed E-state index contributed by atoms with van der Waals surface area (Å²) in [7, 11) is 1.70. The molecule has 1 aromatic heterocycles. The highest BCUT2D eigenvalue weighted by Gasteiger charge is 2.15. The molecule has 0 saturated carbocycles. The fourth-order valence-electron chi connectivity index (χ4n) is 1.98. The van der Waals surface area contributed by atoms with Crippen molar-refractivity contribution in [3.8, 4) is 5.75 Å². The highest BCUT2D eigenvalue weighted by Crippen LogP contribution is 2.18. The van der Waals surface area contributed by atoms with Crippen LogP contribution < -0.4 is 4.74 Å². The number of rotatable bonds is 4. The molecule has 0 bridgehead atoms. The van der Waals surface area contributed by atoms with Crippen LogP contribution in [0.1, 0.15) is 27.2 Å². The third-order valence-corrected chi connectivity index (χ3v) is 2.86. The largest absolute Gasteiger partial charge is 0.487 e. The van der Waals surface area contributed by atoms with Crippen molar-refractivity contribution in [2.45, 2.75) is 20.5 Å². The van der Waals surface area contributed by atoms with Crippen LogP contribution in [0.5, 0.6) is 5.75 Å². The lowest BCUT2D eigenvalue weighted by Gasteiger charge is -2.09. The summed E-state index contributed by atoms with van der Waals surface area (Å²) in [6.07, 6.45) is 1.34. The van der Waals surface area contributed by atoms with Gasteiger partial charge in [-0.1, -0.05) is 6.07 Å². The van der Waals surface area contributed by atoms with Gasteiger partial charge in [0.1, 0.15) is 17.9 Å². The van der Waals surface area contributed by atoms with E-state index in [1.165, 1.54) is 10.9 Å². The Labute approximate surface area is 111 Å². The molecule has 0 unspecified atom stereocenters. The molecular formula is C14H16N2O3. The number of aromatic nitrogens is 2. The fraction of sp³-hybridized carbons (Fsp3) is 0.286. The van der Waals surface area contributed by atoms with Crippen LogP contribution in [-0.2, 0) is 13.7 Å². The van der Waals surface area contributed by atoms with E-state index in [2.05, 4.69) is 11.2 Å². The molecule has 0 fully saturated rings. The van der Waals surface area contributed by atoms with Crippen molar-refractivity contribution in [1.29, 1.82) is 0 Å². The summed E-state index contributed by atoms with van der Waals surface area (Å²) in [4.78, 5) is 11.0. The minimum Gasteiger partial charge on any atom is -0.487 e. The normalized spacial score (nSPS) is 10.5. The van der Waals surface area contributed by atoms with Crippen LogP contribution in [0.25, 0.3) is 0 Å². The van der Waals surface area contributed by atoms with Gasteiger partial charge in [0.15, 0.2) is 0 Å². The number of nitrogens with zero attached hydrogens (tertiary/aromatic N) is 2. The van der Waals surface area contributed by atoms with Gasteiger partial charge in [-0.25, -0.2) is 4.79 Å². The molecule has 5 heteroatoms. The molecule has 100 valence electrons. The van der Waals surface area contributed by atoms with Gasteiger partial charge in [-0.2, -0.15) is 5.10 Å². The van der Waals surface area contributed by atoms with Crippen LogP contribution in [0, 0.1) is 13.8 Å². The third kappa shape index (κ3) is 2.93. The van der Waals surface area contributed by atoms with Crippen LogP contribution >= 0.6 is 0 Å². The van der Waals surface area contributed by atoms with Gasteiger partial charge >= 0.3 is 5.97 Å². The third-order valence-electron chi connectivity index (χ3n) is 2.86. The lowest BCUT2D eigenvalue weighted by atomic mass is 10.1. The molecule has 2 rings (SSSR count). The first kappa shape index (κ1) is 13.1. The average Bonchev–Trinajstić information content (AvgIpc) is 2.67. The van der Waals surface area contributed by atoms with Crippen molar-refractivity contribution >= 4 is 5.97 Å². The first-order chi connectivity index (χ1) is 8.97. The molecule has 2 aromatic rings. The van der Waals surface area contributed by atoms with E-state index in [0.29, 0.717) is 5.69 Å². The first-order valence-corrected chi connectivity index (χ1v) is 5.92. The molecule has 0 radical (unpaired) electrons. The molecule has 0 saturated heterocycles. The van der Waals surface area contributed by atoms with Crippen LogP contribution in [-0.4, -0.2) is 20.9 Å². The maximum Gasteiger partial charge on any atom is 0.339 e. The molecule has 5 nitrogen and oxygen atoms in total. The highest BCUT2D eigenvalue weighted by molar-refractivity contribution is 5.88. The summed E-state index contributed by atoms with van der Waals surface area (Å²) in [6.45, 7) is 4.17. The topological polar surface area (TPSA) is 64.3 Å². The Morgan fingerprint density at radius 2 is 1.95 bits per heavy atom. The smallest absolute Gasteiger partial charge is 0.339 e. The molecule has 0 aliphatic rings. The predicted octanol–water partition coefficient (Wildman–Crippen LogP) is 2.31. The maximum absolute atomic E-state index is 11.0.